The number of para-hydroxylation sites is 1. The molecular weight excluding hydrogens is 284 g/mol. The zero-order chi connectivity index (χ0) is 14.7. The highest BCUT2D eigenvalue weighted by Gasteiger charge is 2.15. The first-order chi connectivity index (χ1) is 10.3. The van der Waals surface area contributed by atoms with Crippen molar-refractivity contribution >= 4 is 11.6 Å². The molecule has 0 aliphatic rings. The molecule has 1 heterocycles. The maximum Gasteiger partial charge on any atom is 0.174 e. The highest BCUT2D eigenvalue weighted by molar-refractivity contribution is 6.20. The molecule has 0 fully saturated rings. The lowest BCUT2D eigenvalue weighted by Crippen LogP contribution is -2.07. The Labute approximate surface area is 128 Å². The van der Waals surface area contributed by atoms with E-state index >= 15 is 0 Å². The molecule has 0 saturated carbocycles. The summed E-state index contributed by atoms with van der Waals surface area (Å²) in [6, 6.07) is 18.4. The van der Waals surface area contributed by atoms with Crippen LogP contribution >= 0.6 is 11.6 Å². The lowest BCUT2D eigenvalue weighted by Gasteiger charge is -2.11. The van der Waals surface area contributed by atoms with Crippen LogP contribution in [-0.4, -0.2) is 20.2 Å². The van der Waals surface area contributed by atoms with Gasteiger partial charge in [-0.05, 0) is 41.0 Å². The summed E-state index contributed by atoms with van der Waals surface area (Å²) in [7, 11) is 0. The summed E-state index contributed by atoms with van der Waals surface area (Å²) in [5.74, 6) is 0.650. The van der Waals surface area contributed by atoms with E-state index in [1.807, 2.05) is 43.3 Å². The van der Waals surface area contributed by atoms with E-state index in [0.717, 1.165) is 17.7 Å². The summed E-state index contributed by atoms with van der Waals surface area (Å²) >= 11 is 6.15. The van der Waals surface area contributed by atoms with Gasteiger partial charge in [0.15, 0.2) is 5.82 Å². The van der Waals surface area contributed by atoms with Gasteiger partial charge in [0.1, 0.15) is 0 Å². The van der Waals surface area contributed by atoms with Gasteiger partial charge in [0.05, 0.1) is 11.1 Å². The Morgan fingerprint density at radius 3 is 2.52 bits per heavy atom. The monoisotopic (exact) mass is 298 g/mol. The van der Waals surface area contributed by atoms with Crippen LogP contribution in [0.4, 0.5) is 0 Å². The van der Waals surface area contributed by atoms with Gasteiger partial charge in [-0.25, -0.2) is 0 Å². The van der Waals surface area contributed by atoms with Crippen LogP contribution in [0.5, 0.6) is 0 Å². The molecule has 106 valence electrons. The number of aromatic nitrogens is 4. The van der Waals surface area contributed by atoms with E-state index in [1.54, 1.807) is 4.68 Å². The number of rotatable bonds is 4. The molecule has 4 nitrogen and oxygen atoms in total. The van der Waals surface area contributed by atoms with Crippen molar-refractivity contribution < 1.29 is 0 Å². The smallest absolute Gasteiger partial charge is 0.174 e. The van der Waals surface area contributed by atoms with E-state index in [1.165, 1.54) is 5.56 Å². The number of hydrogen-bond acceptors (Lipinski definition) is 3. The van der Waals surface area contributed by atoms with E-state index in [0.29, 0.717) is 5.82 Å². The number of nitrogens with zero attached hydrogens (tertiary/aromatic N) is 4. The van der Waals surface area contributed by atoms with Crippen molar-refractivity contribution in [2.45, 2.75) is 18.7 Å². The molecule has 3 aromatic rings. The molecule has 2 aromatic carbocycles. The van der Waals surface area contributed by atoms with Crippen LogP contribution in [0, 0.1) is 0 Å². The van der Waals surface area contributed by atoms with E-state index in [-0.39, 0.29) is 5.38 Å². The molecule has 5 heteroatoms. The number of alkyl halides is 1. The minimum atomic E-state index is -0.246. The first-order valence-corrected chi connectivity index (χ1v) is 7.24. The van der Waals surface area contributed by atoms with Crippen LogP contribution < -0.4 is 0 Å². The van der Waals surface area contributed by atoms with Crippen LogP contribution in [-0.2, 0) is 6.42 Å². The Morgan fingerprint density at radius 1 is 1.05 bits per heavy atom. The summed E-state index contributed by atoms with van der Waals surface area (Å²) in [6.07, 6.45) is 0.826. The van der Waals surface area contributed by atoms with Gasteiger partial charge in [-0.2, -0.15) is 4.68 Å². The second-order valence-corrected chi connectivity index (χ2v) is 5.51. The zero-order valence-electron chi connectivity index (χ0n) is 11.6. The molecule has 0 bridgehead atoms. The number of tetrazole rings is 1. The molecule has 1 atom stereocenters. The van der Waals surface area contributed by atoms with Crippen molar-refractivity contribution in [2.24, 2.45) is 0 Å². The molecular formula is C16H15ClN4. The lowest BCUT2D eigenvalue weighted by molar-refractivity contribution is 0.754. The van der Waals surface area contributed by atoms with Gasteiger partial charge in [-0.3, -0.25) is 0 Å². The van der Waals surface area contributed by atoms with Gasteiger partial charge < -0.3 is 0 Å². The fourth-order valence-electron chi connectivity index (χ4n) is 2.30. The molecule has 3 rings (SSSR count). The Balaban J connectivity index is 2.02. The molecule has 0 saturated heterocycles. The Bertz CT molecular complexity index is 722. The van der Waals surface area contributed by atoms with Gasteiger partial charge >= 0.3 is 0 Å². The SMILES string of the molecule is CC(Cl)c1nnnn1-c1ccccc1Cc1ccccc1. The second kappa shape index (κ2) is 6.06. The van der Waals surface area contributed by atoms with Crippen molar-refractivity contribution in [2.75, 3.05) is 0 Å². The fraction of sp³-hybridized carbons (Fsp3) is 0.188. The summed E-state index contributed by atoms with van der Waals surface area (Å²) in [4.78, 5) is 0. The summed E-state index contributed by atoms with van der Waals surface area (Å²) in [5.41, 5.74) is 3.38. The van der Waals surface area contributed by atoms with Crippen LogP contribution in [0.2, 0.25) is 0 Å². The Kier molecular flexibility index (Phi) is 3.97. The van der Waals surface area contributed by atoms with Gasteiger partial charge in [0.25, 0.3) is 0 Å². The van der Waals surface area contributed by atoms with Crippen molar-refractivity contribution in [1.29, 1.82) is 0 Å². The number of benzene rings is 2. The van der Waals surface area contributed by atoms with Crippen LogP contribution in [0.25, 0.3) is 5.69 Å². The molecule has 0 N–H and O–H groups in total. The fourth-order valence-corrected chi connectivity index (χ4v) is 2.43. The molecule has 0 aliphatic carbocycles. The predicted octanol–water partition coefficient (Wildman–Crippen LogP) is 3.55. The molecule has 1 aromatic heterocycles. The summed E-state index contributed by atoms with van der Waals surface area (Å²) in [6.45, 7) is 1.86. The maximum atomic E-state index is 6.15. The van der Waals surface area contributed by atoms with Crippen molar-refractivity contribution in [3.8, 4) is 5.69 Å². The molecule has 0 aliphatic heterocycles. The van der Waals surface area contributed by atoms with Gasteiger partial charge in [-0.1, -0.05) is 48.5 Å². The number of hydrogen-bond donors (Lipinski definition) is 0. The largest absolute Gasteiger partial charge is 0.196 e. The standard InChI is InChI=1S/C16H15ClN4/c1-12(17)16-18-19-20-21(16)15-10-6-5-9-14(15)11-13-7-3-2-4-8-13/h2-10,12H,11H2,1H3. The third-order valence-corrected chi connectivity index (χ3v) is 3.50. The first kappa shape index (κ1) is 13.8. The minimum absolute atomic E-state index is 0.246. The van der Waals surface area contributed by atoms with Crippen molar-refractivity contribution in [3.05, 3.63) is 71.5 Å². The van der Waals surface area contributed by atoms with Crippen molar-refractivity contribution in [1.82, 2.24) is 20.2 Å². The van der Waals surface area contributed by atoms with Crippen LogP contribution in [0.1, 0.15) is 29.3 Å². The zero-order valence-corrected chi connectivity index (χ0v) is 12.4. The summed E-state index contributed by atoms with van der Waals surface area (Å²) in [5, 5.41) is 11.6. The van der Waals surface area contributed by atoms with Gasteiger partial charge in [0.2, 0.25) is 0 Å². The quantitative estimate of drug-likeness (QED) is 0.692. The highest BCUT2D eigenvalue weighted by atomic mass is 35.5. The predicted molar refractivity (Wildman–Crippen MR) is 82.7 cm³/mol. The van der Waals surface area contributed by atoms with Gasteiger partial charge in [-0.15, -0.1) is 16.7 Å². The summed E-state index contributed by atoms with van der Waals surface area (Å²) < 4.78 is 1.72. The van der Waals surface area contributed by atoms with Crippen molar-refractivity contribution in [3.63, 3.8) is 0 Å². The lowest BCUT2D eigenvalue weighted by atomic mass is 10.0. The Hall–Kier alpha value is -2.20. The van der Waals surface area contributed by atoms with Gasteiger partial charge in [0, 0.05) is 0 Å². The first-order valence-electron chi connectivity index (χ1n) is 6.80. The third-order valence-electron chi connectivity index (χ3n) is 3.31. The van der Waals surface area contributed by atoms with Crippen LogP contribution in [0.15, 0.2) is 54.6 Å². The molecule has 1 unspecified atom stereocenters. The number of halogens is 1. The third kappa shape index (κ3) is 2.95. The molecule has 0 amide bonds. The van der Waals surface area contributed by atoms with E-state index in [9.17, 15) is 0 Å². The second-order valence-electron chi connectivity index (χ2n) is 4.86. The Morgan fingerprint density at radius 2 is 1.76 bits per heavy atom. The highest BCUT2D eigenvalue weighted by Crippen LogP contribution is 2.23. The normalized spacial score (nSPS) is 12.3. The van der Waals surface area contributed by atoms with Crippen LogP contribution in [0.3, 0.4) is 0 Å². The topological polar surface area (TPSA) is 43.6 Å². The van der Waals surface area contributed by atoms with E-state index in [4.69, 9.17) is 11.6 Å². The van der Waals surface area contributed by atoms with E-state index in [2.05, 4.69) is 33.7 Å². The average molecular weight is 299 g/mol. The minimum Gasteiger partial charge on any atom is -0.196 e. The average Bonchev–Trinajstić information content (AvgIpc) is 2.98. The molecule has 21 heavy (non-hydrogen) atoms. The van der Waals surface area contributed by atoms with E-state index < -0.39 is 0 Å². The maximum absolute atomic E-state index is 6.15. The molecule has 0 radical (unpaired) electrons. The molecule has 0 spiro atoms.